The number of aromatic amines is 1. The van der Waals surface area contributed by atoms with Crippen LogP contribution in [0.2, 0.25) is 0 Å². The smallest absolute Gasteiger partial charge is 0.410 e. The first kappa shape index (κ1) is 13.9. The summed E-state index contributed by atoms with van der Waals surface area (Å²) in [6, 6.07) is 0.285. The standard InChI is InChI=1S/C18H27N5O2/c1-12-7-9-23(17(24)25-18(2,3)4)10-14(12)22(5)16-13-6-8-19-15(13)20-11-21-16/h6,8,11-12,14H,7,9-10H2,1-5H3,(H,19,20,21)/i11D,12D,14D. The summed E-state index contributed by atoms with van der Waals surface area (Å²) in [5.74, 6) is -0.786. The third-order valence-electron chi connectivity index (χ3n) is 4.25. The zero-order valence-electron chi connectivity index (χ0n) is 18.4. The van der Waals surface area contributed by atoms with Crippen molar-refractivity contribution in [3.8, 4) is 0 Å². The van der Waals surface area contributed by atoms with Crippen LogP contribution in [0.1, 0.15) is 38.2 Å². The van der Waals surface area contributed by atoms with Crippen molar-refractivity contribution in [3.63, 3.8) is 0 Å². The van der Waals surface area contributed by atoms with E-state index in [1.165, 1.54) is 4.90 Å². The second kappa shape index (κ2) is 6.54. The van der Waals surface area contributed by atoms with Gasteiger partial charge in [-0.05, 0) is 39.2 Å². The third kappa shape index (κ3) is 3.70. The molecule has 2 unspecified atom stereocenters. The molecule has 25 heavy (non-hydrogen) atoms. The number of piperidine rings is 1. The molecule has 1 aliphatic rings. The maximum Gasteiger partial charge on any atom is 0.410 e. The highest BCUT2D eigenvalue weighted by Gasteiger charge is 2.34. The van der Waals surface area contributed by atoms with E-state index in [-0.39, 0.29) is 12.8 Å². The molecule has 0 aliphatic carbocycles. The number of hydrogen-bond donors (Lipinski definition) is 1. The van der Waals surface area contributed by atoms with Gasteiger partial charge in [0.15, 0.2) is 0 Å². The van der Waals surface area contributed by atoms with Crippen molar-refractivity contribution >= 4 is 22.9 Å². The largest absolute Gasteiger partial charge is 0.444 e. The van der Waals surface area contributed by atoms with Crippen molar-refractivity contribution in [3.05, 3.63) is 18.6 Å². The lowest BCUT2D eigenvalue weighted by Crippen LogP contribution is -2.53. The molecule has 3 heterocycles. The maximum atomic E-state index is 12.6. The Morgan fingerprint density at radius 2 is 2.28 bits per heavy atom. The summed E-state index contributed by atoms with van der Waals surface area (Å²) in [6.45, 7) is 7.41. The minimum absolute atomic E-state index is 0.0122. The summed E-state index contributed by atoms with van der Waals surface area (Å²) < 4.78 is 31.3. The number of H-pyrrole nitrogens is 1. The molecule has 1 amide bonds. The van der Waals surface area contributed by atoms with Gasteiger partial charge in [-0.15, -0.1) is 0 Å². The van der Waals surface area contributed by atoms with Gasteiger partial charge in [0.25, 0.3) is 0 Å². The molecular formula is C18H27N5O2. The molecule has 136 valence electrons. The van der Waals surface area contributed by atoms with Crippen LogP contribution in [0.25, 0.3) is 11.0 Å². The highest BCUT2D eigenvalue weighted by molar-refractivity contribution is 5.87. The molecule has 1 aliphatic heterocycles. The molecule has 0 bridgehead atoms. The van der Waals surface area contributed by atoms with Gasteiger partial charge < -0.3 is 19.5 Å². The quantitative estimate of drug-likeness (QED) is 0.903. The lowest BCUT2D eigenvalue weighted by molar-refractivity contribution is 0.0165. The Bertz CT molecular complexity index is 895. The van der Waals surface area contributed by atoms with Crippen LogP contribution >= 0.6 is 0 Å². The monoisotopic (exact) mass is 348 g/mol. The van der Waals surface area contributed by atoms with E-state index in [0.29, 0.717) is 29.8 Å². The van der Waals surface area contributed by atoms with Gasteiger partial charge in [0.05, 0.1) is 12.8 Å². The van der Waals surface area contributed by atoms with E-state index in [4.69, 9.17) is 7.48 Å². The van der Waals surface area contributed by atoms with Crippen molar-refractivity contribution in [1.29, 1.82) is 0 Å². The molecule has 0 spiro atoms. The van der Waals surface area contributed by atoms with E-state index in [0.717, 1.165) is 0 Å². The van der Waals surface area contributed by atoms with Crippen LogP contribution in [-0.4, -0.2) is 57.7 Å². The molecule has 7 nitrogen and oxygen atoms in total. The molecular weight excluding hydrogens is 318 g/mol. The number of rotatable bonds is 2. The Morgan fingerprint density at radius 3 is 3.00 bits per heavy atom. The summed E-state index contributed by atoms with van der Waals surface area (Å²) in [4.78, 5) is 26.8. The summed E-state index contributed by atoms with van der Waals surface area (Å²) in [5.41, 5.74) is -0.142. The molecule has 2 atom stereocenters. The van der Waals surface area contributed by atoms with Gasteiger partial charge in [0.2, 0.25) is 0 Å². The molecule has 2 aromatic heterocycles. The Labute approximate surface area is 152 Å². The van der Waals surface area contributed by atoms with E-state index < -0.39 is 23.6 Å². The lowest BCUT2D eigenvalue weighted by atomic mass is 9.92. The molecule has 1 N–H and O–H groups in total. The van der Waals surface area contributed by atoms with Crippen LogP contribution < -0.4 is 4.90 Å². The number of likely N-dealkylation sites (N-methyl/N-ethyl adjacent to an activating group) is 1. The fourth-order valence-corrected chi connectivity index (χ4v) is 2.92. The summed E-state index contributed by atoms with van der Waals surface area (Å²) >= 11 is 0. The number of anilines is 1. The number of fused-ring (bicyclic) bond motifs is 1. The number of aromatic nitrogens is 3. The van der Waals surface area contributed by atoms with Crippen LogP contribution in [-0.2, 0) is 4.74 Å². The lowest BCUT2D eigenvalue weighted by Gasteiger charge is -2.42. The molecule has 0 aromatic carbocycles. The number of nitrogens with one attached hydrogen (secondary N) is 1. The van der Waals surface area contributed by atoms with E-state index in [2.05, 4.69) is 15.0 Å². The predicted octanol–water partition coefficient (Wildman–Crippen LogP) is 3.04. The predicted molar refractivity (Wildman–Crippen MR) is 97.7 cm³/mol. The number of nitrogens with zero attached hydrogens (tertiary/aromatic N) is 4. The van der Waals surface area contributed by atoms with Crippen molar-refractivity contribution in [2.75, 3.05) is 25.0 Å². The van der Waals surface area contributed by atoms with E-state index in [1.54, 1.807) is 51.9 Å². The van der Waals surface area contributed by atoms with Gasteiger partial charge in [0, 0.05) is 27.7 Å². The van der Waals surface area contributed by atoms with Crippen molar-refractivity contribution < 1.29 is 13.6 Å². The SMILES string of the molecule is [2H]c1nc(N(C)C2([2H])CN(C(=O)OC(C)(C)C)CCC2([2H])C)c2cc[nH]c2n1. The molecule has 0 radical (unpaired) electrons. The summed E-state index contributed by atoms with van der Waals surface area (Å²) in [5, 5.41) is 0.662. The molecule has 7 heteroatoms. The molecule has 0 saturated carbocycles. The van der Waals surface area contributed by atoms with Crippen LogP contribution in [0.15, 0.2) is 18.6 Å². The van der Waals surface area contributed by atoms with E-state index in [9.17, 15) is 6.17 Å². The van der Waals surface area contributed by atoms with Gasteiger partial charge in [-0.1, -0.05) is 6.92 Å². The van der Waals surface area contributed by atoms with Gasteiger partial charge in [0.1, 0.15) is 24.7 Å². The van der Waals surface area contributed by atoms with Crippen LogP contribution in [0.3, 0.4) is 0 Å². The van der Waals surface area contributed by atoms with Crippen LogP contribution in [0.5, 0.6) is 0 Å². The maximum absolute atomic E-state index is 12.6. The van der Waals surface area contributed by atoms with Crippen molar-refractivity contribution in [1.82, 2.24) is 19.9 Å². The van der Waals surface area contributed by atoms with Crippen LogP contribution in [0.4, 0.5) is 10.6 Å². The Balaban J connectivity index is 1.98. The zero-order valence-corrected chi connectivity index (χ0v) is 15.4. The number of carbonyl (C=O) groups is 1. The number of amides is 1. The van der Waals surface area contributed by atoms with Gasteiger partial charge >= 0.3 is 6.09 Å². The Kier molecular flexibility index (Phi) is 3.64. The Hall–Kier alpha value is -2.31. The molecule has 1 saturated heterocycles. The fraction of sp³-hybridized carbons (Fsp3) is 0.611. The minimum Gasteiger partial charge on any atom is -0.444 e. The van der Waals surface area contributed by atoms with Gasteiger partial charge in [-0.3, -0.25) is 0 Å². The molecule has 2 aromatic rings. The second-order valence-electron chi connectivity index (χ2n) is 7.33. The first-order chi connectivity index (χ1) is 12.8. The fourth-order valence-electron chi connectivity index (χ4n) is 2.92. The van der Waals surface area contributed by atoms with Crippen molar-refractivity contribution in [2.24, 2.45) is 5.89 Å². The highest BCUT2D eigenvalue weighted by Crippen LogP contribution is 2.29. The molecule has 1 fully saturated rings. The summed E-state index contributed by atoms with van der Waals surface area (Å²) in [6.07, 6.45) is 1.34. The zero-order chi connectivity index (χ0) is 20.9. The first-order valence-electron chi connectivity index (χ1n) is 9.88. The van der Waals surface area contributed by atoms with Crippen LogP contribution in [0, 0.1) is 5.89 Å². The Morgan fingerprint density at radius 1 is 1.52 bits per heavy atom. The van der Waals surface area contributed by atoms with E-state index in [1.807, 2.05) is 0 Å². The van der Waals surface area contributed by atoms with Crippen molar-refractivity contribution in [2.45, 2.75) is 45.7 Å². The average molecular weight is 348 g/mol. The third-order valence-corrected chi connectivity index (χ3v) is 4.25. The molecule has 3 rings (SSSR count). The number of ether oxygens (including phenoxy) is 1. The van der Waals surface area contributed by atoms with E-state index >= 15 is 0 Å². The number of carbonyl (C=O) groups excluding carboxylic acids is 1. The first-order valence-corrected chi connectivity index (χ1v) is 8.38. The van der Waals surface area contributed by atoms with Gasteiger partial charge in [-0.2, -0.15) is 0 Å². The second-order valence-corrected chi connectivity index (χ2v) is 7.33. The number of hydrogen-bond acceptors (Lipinski definition) is 5. The topological polar surface area (TPSA) is 74.3 Å². The number of likely N-dealkylation sites (tertiary alicyclic amines) is 1. The van der Waals surface area contributed by atoms with Gasteiger partial charge in [-0.25, -0.2) is 14.8 Å². The summed E-state index contributed by atoms with van der Waals surface area (Å²) in [7, 11) is 1.67. The highest BCUT2D eigenvalue weighted by atomic mass is 16.6. The normalized spacial score (nSPS) is 29.0. The minimum atomic E-state index is -1.49. The average Bonchev–Trinajstić information content (AvgIpc) is 3.02.